The van der Waals surface area contributed by atoms with Crippen molar-refractivity contribution < 1.29 is 9.66 Å². The third-order valence-corrected chi connectivity index (χ3v) is 4.90. The summed E-state index contributed by atoms with van der Waals surface area (Å²) in [6, 6.07) is 7.43. The summed E-state index contributed by atoms with van der Waals surface area (Å²) < 4.78 is 5.74. The molecule has 0 N–H and O–H groups in total. The van der Waals surface area contributed by atoms with Gasteiger partial charge in [-0.3, -0.25) is 10.1 Å². The van der Waals surface area contributed by atoms with Gasteiger partial charge in [0.1, 0.15) is 5.75 Å². The molecule has 0 amide bonds. The van der Waals surface area contributed by atoms with Crippen LogP contribution in [0, 0.1) is 10.1 Å². The molecule has 1 aromatic carbocycles. The number of ether oxygens (including phenoxy) is 1. The Hall–Kier alpha value is -1.36. The Kier molecular flexibility index (Phi) is 12.9. The van der Waals surface area contributed by atoms with Gasteiger partial charge in [0.25, 0.3) is 0 Å². The average Bonchev–Trinajstić information content (AvgIpc) is 2.64. The Morgan fingerprint density at radius 1 is 0.962 bits per heavy atom. The van der Waals surface area contributed by atoms with Crippen molar-refractivity contribution in [3.05, 3.63) is 45.6 Å². The standard InChI is InChI=1S/C21H32BrNO3/c1-19(23(24)25)18-20-12-14-21(15-13-20)26-17-11-9-7-5-3-2-4-6-8-10-16-22/h12-15,18H,2-11,16-17H2,1H3/b19-18+. The highest BCUT2D eigenvalue weighted by Gasteiger charge is 2.02. The SMILES string of the molecule is C/C(=C\c1ccc(OCCCCCCCCCCCCBr)cc1)[N+](=O)[O-]. The largest absolute Gasteiger partial charge is 0.494 e. The van der Waals surface area contributed by atoms with E-state index in [0.29, 0.717) is 0 Å². The Morgan fingerprint density at radius 2 is 1.46 bits per heavy atom. The minimum absolute atomic E-state index is 0.137. The van der Waals surface area contributed by atoms with Gasteiger partial charge >= 0.3 is 0 Å². The van der Waals surface area contributed by atoms with Gasteiger partial charge in [0.2, 0.25) is 5.70 Å². The molecule has 0 saturated carbocycles. The molecule has 0 heterocycles. The summed E-state index contributed by atoms with van der Waals surface area (Å²) in [5, 5.41) is 11.8. The van der Waals surface area contributed by atoms with E-state index in [0.717, 1.165) is 29.7 Å². The number of benzene rings is 1. The lowest BCUT2D eigenvalue weighted by Gasteiger charge is -2.06. The number of hydrogen-bond acceptors (Lipinski definition) is 3. The molecule has 1 aromatic rings. The molecule has 0 spiro atoms. The van der Waals surface area contributed by atoms with Gasteiger partial charge in [-0.05, 0) is 30.5 Å². The fourth-order valence-electron chi connectivity index (χ4n) is 2.75. The van der Waals surface area contributed by atoms with Gasteiger partial charge in [0, 0.05) is 18.3 Å². The van der Waals surface area contributed by atoms with Crippen LogP contribution in [0.4, 0.5) is 0 Å². The normalized spacial score (nSPS) is 11.5. The number of hydrogen-bond donors (Lipinski definition) is 0. The van der Waals surface area contributed by atoms with Crippen molar-refractivity contribution in [2.75, 3.05) is 11.9 Å². The van der Waals surface area contributed by atoms with Crippen LogP contribution in [0.5, 0.6) is 5.75 Å². The van der Waals surface area contributed by atoms with Gasteiger partial charge in [-0.15, -0.1) is 0 Å². The Morgan fingerprint density at radius 3 is 1.96 bits per heavy atom. The second-order valence-electron chi connectivity index (χ2n) is 6.68. The number of alkyl halides is 1. The minimum atomic E-state index is -0.380. The molecule has 0 radical (unpaired) electrons. The first-order valence-electron chi connectivity index (χ1n) is 9.75. The van der Waals surface area contributed by atoms with Gasteiger partial charge in [0.05, 0.1) is 11.5 Å². The van der Waals surface area contributed by atoms with Crippen molar-refractivity contribution in [3.63, 3.8) is 0 Å². The molecule has 0 unspecified atom stereocenters. The van der Waals surface area contributed by atoms with E-state index < -0.39 is 0 Å². The van der Waals surface area contributed by atoms with Gasteiger partial charge < -0.3 is 4.74 Å². The van der Waals surface area contributed by atoms with E-state index in [1.807, 2.05) is 24.3 Å². The summed E-state index contributed by atoms with van der Waals surface area (Å²) in [6.07, 6.45) is 14.6. The first-order chi connectivity index (χ1) is 12.6. The highest BCUT2D eigenvalue weighted by atomic mass is 79.9. The molecule has 0 saturated heterocycles. The molecule has 0 aromatic heterocycles. The zero-order valence-corrected chi connectivity index (χ0v) is 17.5. The third kappa shape index (κ3) is 11.3. The highest BCUT2D eigenvalue weighted by molar-refractivity contribution is 9.09. The van der Waals surface area contributed by atoms with E-state index in [-0.39, 0.29) is 10.6 Å². The predicted octanol–water partition coefficient (Wildman–Crippen LogP) is 7.00. The molecule has 0 bridgehead atoms. The van der Waals surface area contributed by atoms with Crippen LogP contribution in [0.15, 0.2) is 30.0 Å². The summed E-state index contributed by atoms with van der Waals surface area (Å²) in [7, 11) is 0. The molecule has 0 fully saturated rings. The van der Waals surface area contributed by atoms with E-state index in [2.05, 4.69) is 15.9 Å². The summed E-state index contributed by atoms with van der Waals surface area (Å²) in [5.41, 5.74) is 0.955. The number of unbranched alkanes of at least 4 members (excludes halogenated alkanes) is 9. The van der Waals surface area contributed by atoms with Crippen LogP contribution in [0.2, 0.25) is 0 Å². The monoisotopic (exact) mass is 425 g/mol. The predicted molar refractivity (Wildman–Crippen MR) is 113 cm³/mol. The van der Waals surface area contributed by atoms with Crippen molar-refractivity contribution >= 4 is 22.0 Å². The van der Waals surface area contributed by atoms with E-state index in [4.69, 9.17) is 4.74 Å². The smallest absolute Gasteiger partial charge is 0.243 e. The van der Waals surface area contributed by atoms with Crippen LogP contribution in [0.3, 0.4) is 0 Å². The van der Waals surface area contributed by atoms with Gasteiger partial charge in [-0.1, -0.05) is 79.4 Å². The molecule has 1 rings (SSSR count). The maximum Gasteiger partial charge on any atom is 0.243 e. The highest BCUT2D eigenvalue weighted by Crippen LogP contribution is 2.16. The summed E-state index contributed by atoms with van der Waals surface area (Å²) in [5.74, 6) is 0.824. The van der Waals surface area contributed by atoms with Crippen molar-refractivity contribution in [2.24, 2.45) is 0 Å². The molecule has 0 aliphatic heterocycles. The minimum Gasteiger partial charge on any atom is -0.494 e. The van der Waals surface area contributed by atoms with Crippen LogP contribution in [0.25, 0.3) is 6.08 Å². The van der Waals surface area contributed by atoms with Crippen molar-refractivity contribution in [3.8, 4) is 5.75 Å². The molecular formula is C21H32BrNO3. The van der Waals surface area contributed by atoms with Gasteiger partial charge in [-0.25, -0.2) is 0 Å². The Bertz CT molecular complexity index is 529. The van der Waals surface area contributed by atoms with E-state index in [1.165, 1.54) is 64.7 Å². The summed E-state index contributed by atoms with van der Waals surface area (Å²) in [6.45, 7) is 2.23. The Labute approximate surface area is 166 Å². The molecule has 5 heteroatoms. The van der Waals surface area contributed by atoms with Gasteiger partial charge in [0.15, 0.2) is 0 Å². The number of allylic oxidation sites excluding steroid dienone is 1. The summed E-state index contributed by atoms with van der Waals surface area (Å²) >= 11 is 3.47. The van der Waals surface area contributed by atoms with Crippen molar-refractivity contribution in [1.82, 2.24) is 0 Å². The first kappa shape index (κ1) is 22.7. The molecular weight excluding hydrogens is 394 g/mol. The van der Waals surface area contributed by atoms with E-state index in [9.17, 15) is 10.1 Å². The summed E-state index contributed by atoms with van der Waals surface area (Å²) in [4.78, 5) is 10.2. The second-order valence-corrected chi connectivity index (χ2v) is 7.48. The molecule has 0 atom stereocenters. The van der Waals surface area contributed by atoms with Crippen LogP contribution in [-0.2, 0) is 0 Å². The molecule has 0 aliphatic carbocycles. The van der Waals surface area contributed by atoms with Crippen LogP contribution in [-0.4, -0.2) is 16.9 Å². The number of nitrogens with zero attached hydrogens (tertiary/aromatic N) is 1. The maximum absolute atomic E-state index is 10.6. The van der Waals surface area contributed by atoms with Crippen molar-refractivity contribution in [2.45, 2.75) is 71.1 Å². The lowest BCUT2D eigenvalue weighted by Crippen LogP contribution is -1.97. The maximum atomic E-state index is 10.6. The second kappa shape index (κ2) is 14.8. The lowest BCUT2D eigenvalue weighted by atomic mass is 10.1. The Balaban J connectivity index is 2.03. The molecule has 26 heavy (non-hydrogen) atoms. The third-order valence-electron chi connectivity index (χ3n) is 4.34. The fraction of sp³-hybridized carbons (Fsp3) is 0.619. The average molecular weight is 426 g/mol. The van der Waals surface area contributed by atoms with Gasteiger partial charge in [-0.2, -0.15) is 0 Å². The number of nitro groups is 1. The zero-order valence-electron chi connectivity index (χ0n) is 15.9. The lowest BCUT2D eigenvalue weighted by molar-refractivity contribution is -0.422. The molecule has 0 aliphatic rings. The van der Waals surface area contributed by atoms with E-state index >= 15 is 0 Å². The van der Waals surface area contributed by atoms with E-state index in [1.54, 1.807) is 6.08 Å². The van der Waals surface area contributed by atoms with Crippen molar-refractivity contribution in [1.29, 1.82) is 0 Å². The zero-order chi connectivity index (χ0) is 19.0. The number of halogens is 1. The molecule has 146 valence electrons. The van der Waals surface area contributed by atoms with Crippen LogP contribution < -0.4 is 4.74 Å². The topological polar surface area (TPSA) is 52.4 Å². The fourth-order valence-corrected chi connectivity index (χ4v) is 3.15. The quantitative estimate of drug-likeness (QED) is 0.131. The number of rotatable bonds is 15. The van der Waals surface area contributed by atoms with Crippen LogP contribution >= 0.6 is 15.9 Å². The van der Waals surface area contributed by atoms with Crippen LogP contribution in [0.1, 0.15) is 76.7 Å². The molecule has 4 nitrogen and oxygen atoms in total. The first-order valence-corrected chi connectivity index (χ1v) is 10.9.